The molecule has 6 nitrogen and oxygen atoms in total. The molecular formula is C16H29N5O. The second-order valence-corrected chi connectivity index (χ2v) is 6.30. The highest BCUT2D eigenvalue weighted by atomic mass is 16.3. The van der Waals surface area contributed by atoms with Crippen molar-refractivity contribution in [3.63, 3.8) is 0 Å². The number of aromatic nitrogens is 2. The first-order valence-electron chi connectivity index (χ1n) is 8.17. The smallest absolute Gasteiger partial charge is 0.226 e. The highest BCUT2D eigenvalue weighted by molar-refractivity contribution is 5.43. The van der Waals surface area contributed by atoms with E-state index in [0.29, 0.717) is 0 Å². The monoisotopic (exact) mass is 307 g/mol. The summed E-state index contributed by atoms with van der Waals surface area (Å²) < 4.78 is 0. The van der Waals surface area contributed by atoms with E-state index in [4.69, 9.17) is 0 Å². The predicted octanol–water partition coefficient (Wildman–Crippen LogP) is 1.22. The summed E-state index contributed by atoms with van der Waals surface area (Å²) in [7, 11) is 3.90. The number of hydrogen-bond donors (Lipinski definition) is 1. The molecule has 0 atom stereocenters. The fraction of sp³-hybridized carbons (Fsp3) is 0.750. The lowest BCUT2D eigenvalue weighted by molar-refractivity contribution is -0.00458. The molecule has 0 aromatic carbocycles. The Hall–Kier alpha value is -1.40. The minimum atomic E-state index is -0.546. The van der Waals surface area contributed by atoms with Gasteiger partial charge in [0.05, 0.1) is 5.60 Å². The first kappa shape index (κ1) is 17.0. The molecule has 0 amide bonds. The molecule has 2 heterocycles. The molecule has 0 bridgehead atoms. The van der Waals surface area contributed by atoms with Gasteiger partial charge in [0.2, 0.25) is 5.95 Å². The second kappa shape index (κ2) is 7.24. The Labute approximate surface area is 133 Å². The van der Waals surface area contributed by atoms with Gasteiger partial charge in [0.25, 0.3) is 0 Å². The van der Waals surface area contributed by atoms with Crippen LogP contribution in [0, 0.1) is 0 Å². The number of anilines is 2. The fourth-order valence-electron chi connectivity index (χ4n) is 2.76. The van der Waals surface area contributed by atoms with Crippen LogP contribution in [0.3, 0.4) is 0 Å². The van der Waals surface area contributed by atoms with Crippen molar-refractivity contribution in [1.82, 2.24) is 14.9 Å². The number of aliphatic hydroxyl groups is 1. The molecule has 0 unspecified atom stereocenters. The fourth-order valence-corrected chi connectivity index (χ4v) is 2.76. The van der Waals surface area contributed by atoms with E-state index in [1.807, 2.05) is 31.3 Å². The minimum absolute atomic E-state index is 0.546. The quantitative estimate of drug-likeness (QED) is 0.853. The molecule has 1 saturated heterocycles. The minimum Gasteiger partial charge on any atom is -0.389 e. The molecule has 22 heavy (non-hydrogen) atoms. The van der Waals surface area contributed by atoms with Crippen LogP contribution in [0.4, 0.5) is 11.8 Å². The van der Waals surface area contributed by atoms with E-state index >= 15 is 0 Å². The average Bonchev–Trinajstić information content (AvgIpc) is 2.55. The summed E-state index contributed by atoms with van der Waals surface area (Å²) in [5.41, 5.74) is -0.546. The lowest BCUT2D eigenvalue weighted by Crippen LogP contribution is -2.52. The Morgan fingerprint density at radius 3 is 2.36 bits per heavy atom. The van der Waals surface area contributed by atoms with E-state index < -0.39 is 5.60 Å². The van der Waals surface area contributed by atoms with Crippen molar-refractivity contribution >= 4 is 11.8 Å². The highest BCUT2D eigenvalue weighted by Gasteiger charge is 2.28. The van der Waals surface area contributed by atoms with Gasteiger partial charge in [-0.25, -0.2) is 4.98 Å². The SMILES string of the molecule is CCC(O)(CC)CN1CCN(c2ccnc(N(C)C)n2)CC1. The van der Waals surface area contributed by atoms with Crippen molar-refractivity contribution in [2.75, 3.05) is 56.6 Å². The standard InChI is InChI=1S/C16H29N5O/c1-5-16(22,6-2)13-20-9-11-21(12-10-20)14-7-8-17-15(18-14)19(3)4/h7-8,22H,5-6,9-13H2,1-4H3. The normalized spacial score (nSPS) is 16.9. The van der Waals surface area contributed by atoms with Crippen LogP contribution in [-0.4, -0.2) is 72.4 Å². The van der Waals surface area contributed by atoms with Crippen LogP contribution in [0.1, 0.15) is 26.7 Å². The summed E-state index contributed by atoms with van der Waals surface area (Å²) >= 11 is 0. The first-order valence-corrected chi connectivity index (χ1v) is 8.17. The Bertz CT molecular complexity index is 467. The van der Waals surface area contributed by atoms with E-state index in [9.17, 15) is 5.11 Å². The average molecular weight is 307 g/mol. The topological polar surface area (TPSA) is 55.7 Å². The molecule has 1 fully saturated rings. The molecule has 1 N–H and O–H groups in total. The Morgan fingerprint density at radius 1 is 1.18 bits per heavy atom. The van der Waals surface area contributed by atoms with E-state index in [1.165, 1.54) is 0 Å². The van der Waals surface area contributed by atoms with E-state index in [2.05, 4.69) is 33.6 Å². The number of rotatable bonds is 6. The van der Waals surface area contributed by atoms with Crippen LogP contribution in [0.2, 0.25) is 0 Å². The van der Waals surface area contributed by atoms with Gasteiger partial charge in [-0.2, -0.15) is 4.98 Å². The largest absolute Gasteiger partial charge is 0.389 e. The lowest BCUT2D eigenvalue weighted by atomic mass is 9.96. The molecule has 0 spiro atoms. The van der Waals surface area contributed by atoms with Gasteiger partial charge in [-0.3, -0.25) is 4.90 Å². The van der Waals surface area contributed by atoms with Gasteiger partial charge in [-0.15, -0.1) is 0 Å². The molecule has 0 aliphatic carbocycles. The van der Waals surface area contributed by atoms with Crippen molar-refractivity contribution in [3.8, 4) is 0 Å². The first-order chi connectivity index (χ1) is 10.5. The van der Waals surface area contributed by atoms with Gasteiger partial charge in [0, 0.05) is 53.0 Å². The molecule has 124 valence electrons. The third kappa shape index (κ3) is 4.08. The third-order valence-corrected chi connectivity index (χ3v) is 4.56. The molecule has 2 rings (SSSR count). The molecule has 6 heteroatoms. The highest BCUT2D eigenvalue weighted by Crippen LogP contribution is 2.20. The van der Waals surface area contributed by atoms with Crippen molar-refractivity contribution in [1.29, 1.82) is 0 Å². The summed E-state index contributed by atoms with van der Waals surface area (Å²) in [4.78, 5) is 15.4. The van der Waals surface area contributed by atoms with Gasteiger partial charge < -0.3 is 14.9 Å². The van der Waals surface area contributed by atoms with E-state index in [1.54, 1.807) is 0 Å². The van der Waals surface area contributed by atoms with Crippen LogP contribution >= 0.6 is 0 Å². The van der Waals surface area contributed by atoms with E-state index in [0.717, 1.165) is 57.3 Å². The number of β-amino-alcohol motifs (C(OH)–C–C–N with tert-alkyl or cyclic N) is 1. The maximum absolute atomic E-state index is 10.5. The molecule has 1 aromatic heterocycles. The van der Waals surface area contributed by atoms with Crippen LogP contribution in [0.5, 0.6) is 0 Å². The maximum atomic E-state index is 10.5. The van der Waals surface area contributed by atoms with Crippen molar-refractivity contribution in [2.24, 2.45) is 0 Å². The maximum Gasteiger partial charge on any atom is 0.226 e. The summed E-state index contributed by atoms with van der Waals surface area (Å²) in [6, 6.07) is 1.97. The molecule has 1 aliphatic heterocycles. The Morgan fingerprint density at radius 2 is 1.82 bits per heavy atom. The molecular weight excluding hydrogens is 278 g/mol. The van der Waals surface area contributed by atoms with Crippen LogP contribution in [-0.2, 0) is 0 Å². The lowest BCUT2D eigenvalue weighted by Gasteiger charge is -2.39. The second-order valence-electron chi connectivity index (χ2n) is 6.30. The molecule has 0 saturated carbocycles. The van der Waals surface area contributed by atoms with Crippen LogP contribution in [0.15, 0.2) is 12.3 Å². The summed E-state index contributed by atoms with van der Waals surface area (Å²) in [5.74, 6) is 1.73. The number of hydrogen-bond acceptors (Lipinski definition) is 6. The van der Waals surface area contributed by atoms with Gasteiger partial charge in [-0.1, -0.05) is 13.8 Å². The Kier molecular flexibility index (Phi) is 5.58. The zero-order valence-corrected chi connectivity index (χ0v) is 14.3. The van der Waals surface area contributed by atoms with Crippen molar-refractivity contribution in [3.05, 3.63) is 12.3 Å². The summed E-state index contributed by atoms with van der Waals surface area (Å²) in [5, 5.41) is 10.5. The van der Waals surface area contributed by atoms with Gasteiger partial charge in [0.15, 0.2) is 0 Å². The van der Waals surface area contributed by atoms with Crippen LogP contribution in [0.25, 0.3) is 0 Å². The van der Waals surface area contributed by atoms with Crippen LogP contribution < -0.4 is 9.80 Å². The summed E-state index contributed by atoms with van der Waals surface area (Å²) in [6.07, 6.45) is 3.43. The third-order valence-electron chi connectivity index (χ3n) is 4.56. The van der Waals surface area contributed by atoms with Gasteiger partial charge in [-0.05, 0) is 18.9 Å². The van der Waals surface area contributed by atoms with Crippen molar-refractivity contribution < 1.29 is 5.11 Å². The zero-order valence-electron chi connectivity index (χ0n) is 14.3. The number of nitrogens with zero attached hydrogens (tertiary/aromatic N) is 5. The Balaban J connectivity index is 1.93. The van der Waals surface area contributed by atoms with E-state index in [-0.39, 0.29) is 0 Å². The predicted molar refractivity (Wildman–Crippen MR) is 90.5 cm³/mol. The van der Waals surface area contributed by atoms with Gasteiger partial charge in [0.1, 0.15) is 5.82 Å². The molecule has 1 aromatic rings. The summed E-state index contributed by atoms with van der Waals surface area (Å²) in [6.45, 7) is 8.68. The molecule has 0 radical (unpaired) electrons. The molecule has 1 aliphatic rings. The van der Waals surface area contributed by atoms with Crippen molar-refractivity contribution in [2.45, 2.75) is 32.3 Å². The zero-order chi connectivity index (χ0) is 16.2. The van der Waals surface area contributed by atoms with Gasteiger partial charge >= 0.3 is 0 Å². The number of piperazine rings is 1.